The Labute approximate surface area is 113 Å². The largest absolute Gasteiger partial charge is 0.489 e. The minimum Gasteiger partial charge on any atom is -0.489 e. The lowest BCUT2D eigenvalue weighted by Gasteiger charge is -2.15. The summed E-state index contributed by atoms with van der Waals surface area (Å²) in [6.07, 6.45) is 2.06. The van der Waals surface area contributed by atoms with Crippen LogP contribution in [0.4, 0.5) is 0 Å². The molecule has 2 rings (SSSR count). The summed E-state index contributed by atoms with van der Waals surface area (Å²) in [6, 6.07) is 7.28. The normalized spacial score (nSPS) is 18.4. The number of hydrogen-bond acceptors (Lipinski definition) is 3. The summed E-state index contributed by atoms with van der Waals surface area (Å²) in [5.74, 6) is 0.618. The summed E-state index contributed by atoms with van der Waals surface area (Å²) in [5.41, 5.74) is 0.462. The standard InChI is InChI=1S/C14H20ClNO2/c1-14(6-7-14)10-16-8-11(17)9-18-13-5-3-2-4-12(13)15/h2-5,11,16-17H,6-10H2,1H3. The number of halogens is 1. The highest BCUT2D eigenvalue weighted by Gasteiger charge is 2.36. The summed E-state index contributed by atoms with van der Waals surface area (Å²) < 4.78 is 5.47. The molecule has 0 heterocycles. The first-order valence-corrected chi connectivity index (χ1v) is 6.73. The van der Waals surface area contributed by atoms with Crippen LogP contribution in [0.15, 0.2) is 24.3 Å². The van der Waals surface area contributed by atoms with Crippen molar-refractivity contribution in [2.45, 2.75) is 25.9 Å². The molecular weight excluding hydrogens is 250 g/mol. The molecule has 1 atom stereocenters. The molecular formula is C14H20ClNO2. The number of rotatable bonds is 7. The van der Waals surface area contributed by atoms with E-state index in [9.17, 15) is 5.11 Å². The Morgan fingerprint density at radius 2 is 2.17 bits per heavy atom. The van der Waals surface area contributed by atoms with Crippen LogP contribution in [-0.4, -0.2) is 30.9 Å². The van der Waals surface area contributed by atoms with Crippen LogP contribution < -0.4 is 10.1 Å². The molecule has 2 N–H and O–H groups in total. The van der Waals surface area contributed by atoms with E-state index in [-0.39, 0.29) is 6.61 Å². The van der Waals surface area contributed by atoms with Gasteiger partial charge in [-0.1, -0.05) is 30.7 Å². The van der Waals surface area contributed by atoms with E-state index in [1.54, 1.807) is 12.1 Å². The number of aliphatic hydroxyl groups is 1. The van der Waals surface area contributed by atoms with Crippen molar-refractivity contribution >= 4 is 11.6 Å². The van der Waals surface area contributed by atoms with Crippen molar-refractivity contribution in [1.29, 1.82) is 0 Å². The highest BCUT2D eigenvalue weighted by Crippen LogP contribution is 2.43. The highest BCUT2D eigenvalue weighted by atomic mass is 35.5. The van der Waals surface area contributed by atoms with Gasteiger partial charge in [0.2, 0.25) is 0 Å². The molecule has 0 bridgehead atoms. The molecule has 0 saturated heterocycles. The first-order chi connectivity index (χ1) is 8.59. The number of ether oxygens (including phenoxy) is 1. The van der Waals surface area contributed by atoms with Crippen LogP contribution in [0.3, 0.4) is 0 Å². The molecule has 1 fully saturated rings. The van der Waals surface area contributed by atoms with Gasteiger partial charge >= 0.3 is 0 Å². The molecule has 18 heavy (non-hydrogen) atoms. The lowest BCUT2D eigenvalue weighted by atomic mass is 10.1. The third-order valence-corrected chi connectivity index (χ3v) is 3.62. The molecule has 0 aliphatic heterocycles. The van der Waals surface area contributed by atoms with Gasteiger partial charge in [0.25, 0.3) is 0 Å². The molecule has 1 aromatic rings. The zero-order valence-electron chi connectivity index (χ0n) is 10.7. The van der Waals surface area contributed by atoms with Crippen molar-refractivity contribution in [3.8, 4) is 5.75 Å². The van der Waals surface area contributed by atoms with E-state index < -0.39 is 6.10 Å². The van der Waals surface area contributed by atoms with Crippen molar-refractivity contribution in [2.75, 3.05) is 19.7 Å². The Morgan fingerprint density at radius 1 is 1.44 bits per heavy atom. The van der Waals surface area contributed by atoms with Crippen molar-refractivity contribution in [1.82, 2.24) is 5.32 Å². The third-order valence-electron chi connectivity index (χ3n) is 3.30. The van der Waals surface area contributed by atoms with Crippen LogP contribution in [0.5, 0.6) is 5.75 Å². The first-order valence-electron chi connectivity index (χ1n) is 6.35. The fourth-order valence-electron chi connectivity index (χ4n) is 1.74. The van der Waals surface area contributed by atoms with E-state index in [1.807, 2.05) is 12.1 Å². The predicted octanol–water partition coefficient (Wildman–Crippen LogP) is 2.47. The smallest absolute Gasteiger partial charge is 0.138 e. The van der Waals surface area contributed by atoms with Gasteiger partial charge in [0.1, 0.15) is 18.5 Å². The molecule has 1 aromatic carbocycles. The second kappa shape index (κ2) is 5.91. The van der Waals surface area contributed by atoms with Crippen LogP contribution in [-0.2, 0) is 0 Å². The lowest BCUT2D eigenvalue weighted by molar-refractivity contribution is 0.105. The number of benzene rings is 1. The van der Waals surface area contributed by atoms with Gasteiger partial charge in [0, 0.05) is 13.1 Å². The molecule has 3 nitrogen and oxygen atoms in total. The van der Waals surface area contributed by atoms with Crippen molar-refractivity contribution in [2.24, 2.45) is 5.41 Å². The molecule has 4 heteroatoms. The van der Waals surface area contributed by atoms with E-state index in [0.29, 0.717) is 22.7 Å². The minimum atomic E-state index is -0.511. The second-order valence-corrected chi connectivity index (χ2v) is 5.74. The maximum Gasteiger partial charge on any atom is 0.138 e. The molecule has 1 unspecified atom stereocenters. The van der Waals surface area contributed by atoms with E-state index in [2.05, 4.69) is 12.2 Å². The summed E-state index contributed by atoms with van der Waals surface area (Å²) in [6.45, 7) is 4.04. The summed E-state index contributed by atoms with van der Waals surface area (Å²) >= 11 is 5.96. The number of nitrogens with one attached hydrogen (secondary N) is 1. The van der Waals surface area contributed by atoms with Gasteiger partial charge in [-0.05, 0) is 30.4 Å². The molecule has 1 aliphatic rings. The third kappa shape index (κ3) is 4.16. The Balaban J connectivity index is 1.65. The second-order valence-electron chi connectivity index (χ2n) is 5.34. The number of hydrogen-bond donors (Lipinski definition) is 2. The molecule has 100 valence electrons. The number of para-hydroxylation sites is 1. The summed E-state index contributed by atoms with van der Waals surface area (Å²) in [7, 11) is 0. The SMILES string of the molecule is CC1(CNCC(O)COc2ccccc2Cl)CC1. The van der Waals surface area contributed by atoms with Gasteiger partial charge in [-0.3, -0.25) is 0 Å². The average molecular weight is 270 g/mol. The van der Waals surface area contributed by atoms with Gasteiger partial charge in [-0.15, -0.1) is 0 Å². The Hall–Kier alpha value is -0.770. The van der Waals surface area contributed by atoms with E-state index in [4.69, 9.17) is 16.3 Å². The lowest BCUT2D eigenvalue weighted by Crippen LogP contribution is -2.34. The van der Waals surface area contributed by atoms with E-state index in [1.165, 1.54) is 12.8 Å². The zero-order valence-corrected chi connectivity index (χ0v) is 11.4. The fraction of sp³-hybridized carbons (Fsp3) is 0.571. The molecule has 1 aliphatic carbocycles. The van der Waals surface area contributed by atoms with Crippen LogP contribution in [0.25, 0.3) is 0 Å². The van der Waals surface area contributed by atoms with Gasteiger partial charge in [-0.25, -0.2) is 0 Å². The van der Waals surface area contributed by atoms with Crippen LogP contribution in [0.1, 0.15) is 19.8 Å². The highest BCUT2D eigenvalue weighted by molar-refractivity contribution is 6.32. The summed E-state index contributed by atoms with van der Waals surface area (Å²) in [5, 5.41) is 13.6. The van der Waals surface area contributed by atoms with E-state index >= 15 is 0 Å². The molecule has 0 spiro atoms. The molecule has 0 amide bonds. The van der Waals surface area contributed by atoms with Gasteiger partial charge in [0.05, 0.1) is 5.02 Å². The predicted molar refractivity (Wildman–Crippen MR) is 73.2 cm³/mol. The Kier molecular flexibility index (Phi) is 4.49. The maximum absolute atomic E-state index is 9.79. The van der Waals surface area contributed by atoms with Crippen molar-refractivity contribution in [3.63, 3.8) is 0 Å². The molecule has 0 aromatic heterocycles. The zero-order chi connectivity index (χ0) is 13.0. The van der Waals surface area contributed by atoms with Gasteiger partial charge in [-0.2, -0.15) is 0 Å². The van der Waals surface area contributed by atoms with E-state index in [0.717, 1.165) is 6.54 Å². The van der Waals surface area contributed by atoms with Gasteiger partial charge in [0.15, 0.2) is 0 Å². The quantitative estimate of drug-likeness (QED) is 0.799. The van der Waals surface area contributed by atoms with Crippen molar-refractivity contribution < 1.29 is 9.84 Å². The molecule has 1 saturated carbocycles. The Morgan fingerprint density at radius 3 is 2.83 bits per heavy atom. The van der Waals surface area contributed by atoms with Crippen LogP contribution in [0, 0.1) is 5.41 Å². The van der Waals surface area contributed by atoms with Gasteiger partial charge < -0.3 is 15.2 Å². The Bertz CT molecular complexity index is 393. The minimum absolute atomic E-state index is 0.257. The van der Waals surface area contributed by atoms with Crippen molar-refractivity contribution in [3.05, 3.63) is 29.3 Å². The first kappa shape index (κ1) is 13.7. The van der Waals surface area contributed by atoms with Crippen LogP contribution >= 0.6 is 11.6 Å². The average Bonchev–Trinajstić information content (AvgIpc) is 3.06. The monoisotopic (exact) mass is 269 g/mol. The fourth-order valence-corrected chi connectivity index (χ4v) is 1.93. The van der Waals surface area contributed by atoms with Crippen LogP contribution in [0.2, 0.25) is 5.02 Å². The number of aliphatic hydroxyl groups excluding tert-OH is 1. The maximum atomic E-state index is 9.79. The topological polar surface area (TPSA) is 41.5 Å². The summed E-state index contributed by atoms with van der Waals surface area (Å²) in [4.78, 5) is 0. The molecule has 0 radical (unpaired) electrons.